The van der Waals surface area contributed by atoms with Crippen molar-refractivity contribution in [3.63, 3.8) is 0 Å². The molecular formula is C23H39F2N3O4Si2. The van der Waals surface area contributed by atoms with Crippen LogP contribution in [0.5, 0.6) is 0 Å². The fraction of sp³-hybridized carbons (Fsp3) is 0.739. The first-order valence-corrected chi connectivity index (χ1v) is 17.2. The van der Waals surface area contributed by atoms with Crippen LogP contribution in [0.3, 0.4) is 0 Å². The lowest BCUT2D eigenvalue weighted by molar-refractivity contribution is -0.0877. The van der Waals surface area contributed by atoms with E-state index in [1.165, 1.54) is 0 Å². The zero-order valence-corrected chi connectivity index (χ0v) is 24.0. The van der Waals surface area contributed by atoms with Gasteiger partial charge in [0.05, 0.1) is 12.8 Å². The van der Waals surface area contributed by atoms with Gasteiger partial charge in [-0.25, -0.2) is 13.6 Å². The molecule has 0 amide bonds. The number of alkyl halides is 1. The van der Waals surface area contributed by atoms with Gasteiger partial charge in [-0.05, 0) is 36.3 Å². The summed E-state index contributed by atoms with van der Waals surface area (Å²) in [5, 5.41) is -0.385. The van der Waals surface area contributed by atoms with Gasteiger partial charge in [0.2, 0.25) is 0 Å². The number of nitrogens with zero attached hydrogens (tertiary/aromatic N) is 2. The van der Waals surface area contributed by atoms with E-state index in [1.807, 2.05) is 47.0 Å². The van der Waals surface area contributed by atoms with Gasteiger partial charge in [-0.2, -0.15) is 4.98 Å². The molecule has 1 aliphatic heterocycles. The molecule has 0 saturated carbocycles. The zero-order valence-electron chi connectivity index (χ0n) is 22.0. The third-order valence-electron chi connectivity index (χ3n) is 7.49. The topological polar surface area (TPSA) is 88.6 Å². The van der Waals surface area contributed by atoms with Crippen LogP contribution in [0.15, 0.2) is 11.0 Å². The Bertz CT molecular complexity index is 1010. The predicted octanol–water partition coefficient (Wildman–Crippen LogP) is 4.62. The van der Waals surface area contributed by atoms with E-state index >= 15 is 4.39 Å². The van der Waals surface area contributed by atoms with Gasteiger partial charge in [-0.15, -0.1) is 6.42 Å². The van der Waals surface area contributed by atoms with Crippen LogP contribution in [0.4, 0.5) is 14.6 Å². The lowest BCUT2D eigenvalue weighted by Crippen LogP contribution is -2.56. The molecule has 1 unspecified atom stereocenters. The van der Waals surface area contributed by atoms with Crippen molar-refractivity contribution in [2.45, 2.75) is 102 Å². The number of halogens is 2. The first-order valence-electron chi connectivity index (χ1n) is 11.3. The number of nitrogens with two attached hydrogens (primary N) is 1. The Morgan fingerprint density at radius 2 is 1.74 bits per heavy atom. The number of nitrogen functional groups attached to an aromatic ring is 1. The van der Waals surface area contributed by atoms with Gasteiger partial charge in [0.1, 0.15) is 6.10 Å². The molecule has 34 heavy (non-hydrogen) atoms. The average molecular weight is 516 g/mol. The Hall–Kier alpha value is -1.59. The van der Waals surface area contributed by atoms with Gasteiger partial charge in [-0.1, -0.05) is 47.5 Å². The minimum Gasteiger partial charge on any atom is -0.413 e. The summed E-state index contributed by atoms with van der Waals surface area (Å²) in [4.78, 5) is 15.9. The number of hydrogen-bond donors (Lipinski definition) is 1. The molecule has 1 aromatic rings. The second kappa shape index (κ2) is 9.13. The SMILES string of the molecule is C#C[C@]1(CO[Si](C)(C)C(C)(C)C)O[C@@H](n2cc(F)c(N)nc2=O)[C@@H](F)C1O[Si](C)(C)C(C)(C)C. The number of ether oxygens (including phenoxy) is 1. The third kappa shape index (κ3) is 5.31. The molecule has 192 valence electrons. The highest BCUT2D eigenvalue weighted by atomic mass is 28.4. The van der Waals surface area contributed by atoms with Gasteiger partial charge in [0.25, 0.3) is 0 Å². The maximum Gasteiger partial charge on any atom is 0.351 e. The lowest BCUT2D eigenvalue weighted by Gasteiger charge is -2.43. The van der Waals surface area contributed by atoms with Crippen molar-refractivity contribution in [2.24, 2.45) is 0 Å². The Kier molecular flexibility index (Phi) is 7.69. The molecule has 2 heterocycles. The van der Waals surface area contributed by atoms with Gasteiger partial charge in [-0.3, -0.25) is 4.57 Å². The minimum absolute atomic E-state index is 0.129. The van der Waals surface area contributed by atoms with Crippen molar-refractivity contribution in [2.75, 3.05) is 12.3 Å². The van der Waals surface area contributed by atoms with Crippen molar-refractivity contribution < 1.29 is 22.4 Å². The van der Waals surface area contributed by atoms with E-state index in [2.05, 4.69) is 31.7 Å². The fourth-order valence-electron chi connectivity index (χ4n) is 3.04. The van der Waals surface area contributed by atoms with E-state index in [0.29, 0.717) is 0 Å². The number of rotatable bonds is 6. The Morgan fingerprint density at radius 1 is 1.21 bits per heavy atom. The van der Waals surface area contributed by atoms with Crippen LogP contribution in [0, 0.1) is 18.2 Å². The Morgan fingerprint density at radius 3 is 2.21 bits per heavy atom. The van der Waals surface area contributed by atoms with Gasteiger partial charge in [0, 0.05) is 0 Å². The first kappa shape index (κ1) is 28.6. The summed E-state index contributed by atoms with van der Waals surface area (Å²) in [5.74, 6) is 1.04. The number of hydrogen-bond acceptors (Lipinski definition) is 6. The molecule has 0 aliphatic carbocycles. The van der Waals surface area contributed by atoms with E-state index in [-0.39, 0.29) is 16.7 Å². The van der Waals surface area contributed by atoms with Crippen LogP contribution < -0.4 is 11.4 Å². The molecule has 11 heteroatoms. The molecule has 0 aromatic carbocycles. The van der Waals surface area contributed by atoms with Crippen LogP contribution in [0.1, 0.15) is 47.8 Å². The predicted molar refractivity (Wildman–Crippen MR) is 135 cm³/mol. The quantitative estimate of drug-likeness (QED) is 0.439. The van der Waals surface area contributed by atoms with E-state index in [9.17, 15) is 9.18 Å². The summed E-state index contributed by atoms with van der Waals surface area (Å²) < 4.78 is 49.9. The fourth-order valence-corrected chi connectivity index (χ4v) is 5.35. The monoisotopic (exact) mass is 515 g/mol. The van der Waals surface area contributed by atoms with E-state index in [4.69, 9.17) is 25.7 Å². The largest absolute Gasteiger partial charge is 0.413 e. The molecule has 1 aromatic heterocycles. The minimum atomic E-state index is -2.55. The highest BCUT2D eigenvalue weighted by molar-refractivity contribution is 6.74. The smallest absolute Gasteiger partial charge is 0.351 e. The van der Waals surface area contributed by atoms with Crippen LogP contribution in [0.2, 0.25) is 36.3 Å². The highest BCUT2D eigenvalue weighted by Crippen LogP contribution is 2.47. The molecule has 0 radical (unpaired) electrons. The molecule has 2 rings (SSSR count). The third-order valence-corrected chi connectivity index (χ3v) is 16.4. The van der Waals surface area contributed by atoms with Crippen LogP contribution in [-0.4, -0.2) is 50.7 Å². The van der Waals surface area contributed by atoms with E-state index in [1.54, 1.807) is 0 Å². The van der Waals surface area contributed by atoms with E-state index < -0.39 is 58.1 Å². The molecular weight excluding hydrogens is 476 g/mol. The molecule has 1 aliphatic rings. The van der Waals surface area contributed by atoms with Crippen molar-refractivity contribution in [3.05, 3.63) is 22.5 Å². The molecule has 1 fully saturated rings. The molecule has 0 bridgehead atoms. The lowest BCUT2D eigenvalue weighted by atomic mass is 9.98. The second-order valence-corrected chi connectivity index (χ2v) is 21.6. The van der Waals surface area contributed by atoms with E-state index in [0.717, 1.165) is 10.8 Å². The Labute approximate surface area is 203 Å². The van der Waals surface area contributed by atoms with Gasteiger partial charge < -0.3 is 19.3 Å². The number of aromatic nitrogens is 2. The number of terminal acetylenes is 1. The standard InChI is InChI=1S/C23H39F2N3O4Si2/c1-12-23(14-30-33(8,9)21(2,3)4)17(32-34(10,11)22(5,6)7)16(25)19(31-23)28-13-15(24)18(26)27-20(28)29/h1,13,16-17,19H,14H2,2-11H3,(H2,26,27,29)/t16-,17?,19+,23+/m0/s1. The van der Waals surface area contributed by atoms with Crippen LogP contribution in [-0.2, 0) is 13.6 Å². The molecule has 4 atom stereocenters. The summed E-state index contributed by atoms with van der Waals surface area (Å²) in [5.41, 5.74) is 2.82. The molecule has 1 saturated heterocycles. The summed E-state index contributed by atoms with van der Waals surface area (Å²) >= 11 is 0. The zero-order chi connectivity index (χ0) is 26.5. The molecule has 0 spiro atoms. The molecule has 2 N–H and O–H groups in total. The second-order valence-electron chi connectivity index (χ2n) is 12.0. The van der Waals surface area contributed by atoms with Crippen molar-refractivity contribution >= 4 is 22.5 Å². The van der Waals surface area contributed by atoms with Crippen LogP contribution in [0.25, 0.3) is 0 Å². The Balaban J connectivity index is 2.58. The van der Waals surface area contributed by atoms with Gasteiger partial charge >= 0.3 is 5.69 Å². The maximum absolute atomic E-state index is 16.1. The summed E-state index contributed by atoms with van der Waals surface area (Å²) in [6, 6.07) is 0. The highest BCUT2D eigenvalue weighted by Gasteiger charge is 2.60. The maximum atomic E-state index is 16.1. The van der Waals surface area contributed by atoms with Crippen molar-refractivity contribution in [3.8, 4) is 12.3 Å². The summed E-state index contributed by atoms with van der Waals surface area (Å²) in [6.07, 6.45) is 2.07. The molecule has 7 nitrogen and oxygen atoms in total. The average Bonchev–Trinajstić information content (AvgIpc) is 2.94. The summed E-state index contributed by atoms with van der Waals surface area (Å²) in [7, 11) is -4.86. The van der Waals surface area contributed by atoms with Crippen LogP contribution >= 0.6 is 0 Å². The van der Waals surface area contributed by atoms with Crippen molar-refractivity contribution in [1.82, 2.24) is 9.55 Å². The normalized spacial score (nSPS) is 26.5. The summed E-state index contributed by atoms with van der Waals surface area (Å²) in [6.45, 7) is 20.2. The van der Waals surface area contributed by atoms with Crippen molar-refractivity contribution in [1.29, 1.82) is 0 Å². The van der Waals surface area contributed by atoms with Gasteiger partial charge in [0.15, 0.2) is 46.3 Å². The first-order chi connectivity index (χ1) is 15.2. The number of anilines is 1.